The number of aryl methyl sites for hydroxylation is 5. The smallest absolute Gasteiger partial charge is 0.243 e. The number of hydrogen-bond acceptors (Lipinski definition) is 6. The summed E-state index contributed by atoms with van der Waals surface area (Å²) in [5.41, 5.74) is 3.93. The van der Waals surface area contributed by atoms with Gasteiger partial charge in [0.2, 0.25) is 11.8 Å². The second-order valence-electron chi connectivity index (χ2n) is 6.92. The van der Waals surface area contributed by atoms with Crippen LogP contribution in [0.4, 0.5) is 5.69 Å². The molecule has 2 heterocycles. The van der Waals surface area contributed by atoms with Crippen molar-refractivity contribution in [3.8, 4) is 0 Å². The highest BCUT2D eigenvalue weighted by atomic mass is 32.2. The van der Waals surface area contributed by atoms with Gasteiger partial charge in [0.25, 0.3) is 0 Å². The Morgan fingerprint density at radius 2 is 1.72 bits per heavy atom. The molecular weight excluding hydrogens is 404 g/mol. The highest BCUT2D eigenvalue weighted by Crippen LogP contribution is 2.34. The van der Waals surface area contributed by atoms with Crippen LogP contribution in [0.1, 0.15) is 27.4 Å². The minimum atomic E-state index is -0.245. The molecule has 152 valence electrons. The number of para-hydroxylation sites is 1. The molecule has 2 N–H and O–H groups in total. The number of rotatable bonds is 6. The molecule has 8 heteroatoms. The zero-order chi connectivity index (χ0) is 21.1. The topological polar surface area (TPSA) is 84.0 Å². The van der Waals surface area contributed by atoms with Crippen LogP contribution >= 0.6 is 23.1 Å². The van der Waals surface area contributed by atoms with Crippen molar-refractivity contribution in [2.75, 3.05) is 17.6 Å². The third-order valence-corrected chi connectivity index (χ3v) is 6.72. The van der Waals surface area contributed by atoms with Gasteiger partial charge in [0, 0.05) is 16.0 Å². The fraction of sp³-hybridized carbons (Fsp3) is 0.333. The zero-order valence-electron chi connectivity index (χ0n) is 17.2. The normalized spacial score (nSPS) is 10.9. The molecule has 0 fully saturated rings. The molecule has 0 aliphatic heterocycles. The van der Waals surface area contributed by atoms with Crippen molar-refractivity contribution in [2.24, 2.45) is 0 Å². The van der Waals surface area contributed by atoms with Crippen LogP contribution in [-0.4, -0.2) is 34.1 Å². The number of carbonyl (C=O) groups is 2. The van der Waals surface area contributed by atoms with E-state index < -0.39 is 0 Å². The molecule has 1 aromatic carbocycles. The van der Waals surface area contributed by atoms with Crippen LogP contribution in [0.5, 0.6) is 0 Å². The Bertz CT molecular complexity index is 1070. The average Bonchev–Trinajstić information content (AvgIpc) is 2.94. The number of thiophene rings is 1. The van der Waals surface area contributed by atoms with Crippen LogP contribution in [0, 0.1) is 34.6 Å². The molecule has 0 aliphatic carbocycles. The number of carbonyl (C=O) groups excluding carboxylic acids is 2. The molecule has 3 rings (SSSR count). The predicted molar refractivity (Wildman–Crippen MR) is 120 cm³/mol. The van der Waals surface area contributed by atoms with Crippen LogP contribution in [0.2, 0.25) is 0 Å². The van der Waals surface area contributed by atoms with Gasteiger partial charge in [0.1, 0.15) is 15.7 Å². The number of aromatic nitrogens is 2. The van der Waals surface area contributed by atoms with Crippen molar-refractivity contribution in [2.45, 2.75) is 39.6 Å². The molecule has 0 spiro atoms. The van der Waals surface area contributed by atoms with Gasteiger partial charge in [-0.2, -0.15) is 0 Å². The van der Waals surface area contributed by atoms with Gasteiger partial charge in [-0.05, 0) is 51.3 Å². The lowest BCUT2D eigenvalue weighted by Gasteiger charge is -2.12. The van der Waals surface area contributed by atoms with Gasteiger partial charge < -0.3 is 10.6 Å². The molecule has 0 atom stereocenters. The zero-order valence-corrected chi connectivity index (χ0v) is 18.8. The van der Waals surface area contributed by atoms with E-state index in [0.717, 1.165) is 37.6 Å². The largest absolute Gasteiger partial charge is 0.346 e. The van der Waals surface area contributed by atoms with Crippen molar-refractivity contribution in [3.05, 3.63) is 45.6 Å². The number of nitrogens with one attached hydrogen (secondary N) is 2. The van der Waals surface area contributed by atoms with Gasteiger partial charge in [-0.1, -0.05) is 30.0 Å². The highest BCUT2D eigenvalue weighted by molar-refractivity contribution is 8.00. The highest BCUT2D eigenvalue weighted by Gasteiger charge is 2.15. The van der Waals surface area contributed by atoms with Gasteiger partial charge in [-0.25, -0.2) is 9.97 Å². The molecule has 3 aromatic rings. The molecule has 0 saturated carbocycles. The lowest BCUT2D eigenvalue weighted by molar-refractivity contribution is -0.122. The molecule has 0 aliphatic rings. The monoisotopic (exact) mass is 428 g/mol. The quantitative estimate of drug-likeness (QED) is 0.457. The van der Waals surface area contributed by atoms with Crippen molar-refractivity contribution in [3.63, 3.8) is 0 Å². The number of thioether (sulfide) groups is 1. The van der Waals surface area contributed by atoms with E-state index in [-0.39, 0.29) is 24.1 Å². The van der Waals surface area contributed by atoms with Crippen LogP contribution in [-0.2, 0) is 9.59 Å². The molecule has 0 bridgehead atoms. The van der Waals surface area contributed by atoms with Gasteiger partial charge >= 0.3 is 0 Å². The molecule has 2 amide bonds. The van der Waals surface area contributed by atoms with E-state index in [2.05, 4.69) is 34.4 Å². The number of hydrogen-bond donors (Lipinski definition) is 2. The standard InChI is InChI=1S/C21H24N4O2S2/c1-11-7-6-8-12(2)19(11)25-16(26)9-22-17(27)10-28-20-18-13(3)14(4)29-21(18)24-15(5)23-20/h6-8H,9-10H2,1-5H3,(H,22,27)(H,25,26). The summed E-state index contributed by atoms with van der Waals surface area (Å²) < 4.78 is 0. The maximum Gasteiger partial charge on any atom is 0.243 e. The first-order valence-corrected chi connectivity index (χ1v) is 11.1. The van der Waals surface area contributed by atoms with Crippen LogP contribution in [0.15, 0.2) is 23.2 Å². The van der Waals surface area contributed by atoms with E-state index >= 15 is 0 Å². The number of anilines is 1. The van der Waals surface area contributed by atoms with Crippen LogP contribution < -0.4 is 10.6 Å². The van der Waals surface area contributed by atoms with Gasteiger partial charge in [-0.3, -0.25) is 9.59 Å². The van der Waals surface area contributed by atoms with Crippen molar-refractivity contribution < 1.29 is 9.59 Å². The summed E-state index contributed by atoms with van der Waals surface area (Å²) in [5, 5.41) is 7.38. The Balaban J connectivity index is 1.58. The number of amides is 2. The second-order valence-corrected chi connectivity index (χ2v) is 9.09. The Hall–Kier alpha value is -2.45. The summed E-state index contributed by atoms with van der Waals surface area (Å²) in [5.74, 6) is 0.428. The maximum atomic E-state index is 12.3. The molecule has 6 nitrogen and oxygen atoms in total. The van der Waals surface area contributed by atoms with E-state index in [0.29, 0.717) is 5.82 Å². The van der Waals surface area contributed by atoms with Crippen molar-refractivity contribution in [1.82, 2.24) is 15.3 Å². The minimum Gasteiger partial charge on any atom is -0.346 e. The van der Waals surface area contributed by atoms with Crippen LogP contribution in [0.25, 0.3) is 10.2 Å². The van der Waals surface area contributed by atoms with Gasteiger partial charge in [0.05, 0.1) is 12.3 Å². The fourth-order valence-electron chi connectivity index (χ4n) is 2.98. The van der Waals surface area contributed by atoms with E-state index in [1.54, 1.807) is 11.3 Å². The third-order valence-electron chi connectivity index (χ3n) is 4.64. The Morgan fingerprint density at radius 1 is 1.03 bits per heavy atom. The molecule has 2 aromatic heterocycles. The fourth-order valence-corrected chi connectivity index (χ4v) is 5.08. The second kappa shape index (κ2) is 8.92. The van der Waals surface area contributed by atoms with Gasteiger partial charge in [-0.15, -0.1) is 11.3 Å². The van der Waals surface area contributed by atoms with E-state index in [4.69, 9.17) is 0 Å². The van der Waals surface area contributed by atoms with Crippen molar-refractivity contribution >= 4 is 50.8 Å². The first kappa shape index (κ1) is 21.3. The number of nitrogens with zero attached hydrogens (tertiary/aromatic N) is 2. The maximum absolute atomic E-state index is 12.3. The molecular formula is C21H24N4O2S2. The molecule has 29 heavy (non-hydrogen) atoms. The molecule has 0 unspecified atom stereocenters. The summed E-state index contributed by atoms with van der Waals surface area (Å²) in [4.78, 5) is 35.6. The SMILES string of the molecule is Cc1nc(SCC(=O)NCC(=O)Nc2c(C)cccc2C)c2c(C)c(C)sc2n1. The Labute approximate surface area is 178 Å². The molecule has 0 saturated heterocycles. The lowest BCUT2D eigenvalue weighted by Crippen LogP contribution is -2.34. The minimum absolute atomic E-state index is 0.0675. The summed E-state index contributed by atoms with van der Waals surface area (Å²) in [6, 6.07) is 5.83. The average molecular weight is 429 g/mol. The lowest BCUT2D eigenvalue weighted by atomic mass is 10.1. The summed E-state index contributed by atoms with van der Waals surface area (Å²) in [6.45, 7) is 9.78. The van der Waals surface area contributed by atoms with E-state index in [1.165, 1.54) is 16.6 Å². The first-order chi connectivity index (χ1) is 13.8. The van der Waals surface area contributed by atoms with E-state index in [1.807, 2.05) is 39.0 Å². The predicted octanol–water partition coefficient (Wildman–Crippen LogP) is 4.08. The van der Waals surface area contributed by atoms with Crippen LogP contribution in [0.3, 0.4) is 0 Å². The third kappa shape index (κ3) is 4.94. The Morgan fingerprint density at radius 3 is 2.41 bits per heavy atom. The number of fused-ring (bicyclic) bond motifs is 1. The van der Waals surface area contributed by atoms with E-state index in [9.17, 15) is 9.59 Å². The summed E-state index contributed by atoms with van der Waals surface area (Å²) in [7, 11) is 0. The summed E-state index contributed by atoms with van der Waals surface area (Å²) >= 11 is 3.01. The summed E-state index contributed by atoms with van der Waals surface area (Å²) in [6.07, 6.45) is 0. The van der Waals surface area contributed by atoms with Crippen molar-refractivity contribution in [1.29, 1.82) is 0 Å². The number of benzene rings is 1. The Kier molecular flexibility index (Phi) is 6.54. The van der Waals surface area contributed by atoms with Gasteiger partial charge in [0.15, 0.2) is 0 Å². The first-order valence-electron chi connectivity index (χ1n) is 9.26. The molecule has 0 radical (unpaired) electrons.